The molecule has 90 valence electrons. The summed E-state index contributed by atoms with van der Waals surface area (Å²) >= 11 is 0. The SMILES string of the molecule is CC[C@@H](O)CC[C@@]1(C)CC[C@H](C)C[C@@H]1C. The van der Waals surface area contributed by atoms with E-state index in [0.717, 1.165) is 24.7 Å². The summed E-state index contributed by atoms with van der Waals surface area (Å²) in [6.45, 7) is 9.26. The highest BCUT2D eigenvalue weighted by Crippen LogP contribution is 2.46. The van der Waals surface area contributed by atoms with Crippen molar-refractivity contribution in [3.8, 4) is 0 Å². The van der Waals surface area contributed by atoms with Crippen LogP contribution in [0.25, 0.3) is 0 Å². The van der Waals surface area contributed by atoms with Crippen LogP contribution in [0.3, 0.4) is 0 Å². The van der Waals surface area contributed by atoms with Crippen LogP contribution < -0.4 is 0 Å². The van der Waals surface area contributed by atoms with Gasteiger partial charge in [0, 0.05) is 0 Å². The van der Waals surface area contributed by atoms with Crippen molar-refractivity contribution >= 4 is 0 Å². The molecule has 1 N–H and O–H groups in total. The van der Waals surface area contributed by atoms with Gasteiger partial charge < -0.3 is 5.11 Å². The second kappa shape index (κ2) is 5.34. The van der Waals surface area contributed by atoms with Gasteiger partial charge in [0.2, 0.25) is 0 Å². The average molecular weight is 212 g/mol. The first-order valence-corrected chi connectivity index (χ1v) is 6.66. The molecular weight excluding hydrogens is 184 g/mol. The predicted octanol–water partition coefficient (Wildman–Crippen LogP) is 4.00. The molecule has 0 aromatic carbocycles. The molecule has 0 saturated heterocycles. The van der Waals surface area contributed by atoms with Gasteiger partial charge in [-0.2, -0.15) is 0 Å². The largest absolute Gasteiger partial charge is 0.393 e. The molecule has 0 amide bonds. The zero-order chi connectivity index (χ0) is 11.5. The van der Waals surface area contributed by atoms with E-state index in [-0.39, 0.29) is 6.10 Å². The summed E-state index contributed by atoms with van der Waals surface area (Å²) in [5.74, 6) is 1.73. The molecule has 0 aromatic rings. The number of aliphatic hydroxyl groups excluding tert-OH is 1. The first-order valence-electron chi connectivity index (χ1n) is 6.66. The lowest BCUT2D eigenvalue weighted by Gasteiger charge is -2.42. The topological polar surface area (TPSA) is 20.2 Å². The van der Waals surface area contributed by atoms with E-state index in [0.29, 0.717) is 5.41 Å². The fourth-order valence-electron chi connectivity index (χ4n) is 2.90. The summed E-state index contributed by atoms with van der Waals surface area (Å²) in [5, 5.41) is 9.64. The van der Waals surface area contributed by atoms with Gasteiger partial charge in [-0.05, 0) is 49.4 Å². The summed E-state index contributed by atoms with van der Waals surface area (Å²) < 4.78 is 0. The minimum atomic E-state index is -0.0756. The lowest BCUT2D eigenvalue weighted by atomic mass is 9.63. The summed E-state index contributed by atoms with van der Waals surface area (Å²) in [4.78, 5) is 0. The molecule has 0 unspecified atom stereocenters. The third-order valence-corrected chi connectivity index (χ3v) is 4.67. The highest BCUT2D eigenvalue weighted by molar-refractivity contribution is 4.86. The highest BCUT2D eigenvalue weighted by atomic mass is 16.3. The van der Waals surface area contributed by atoms with Gasteiger partial charge in [0.05, 0.1) is 6.10 Å². The van der Waals surface area contributed by atoms with Gasteiger partial charge in [-0.1, -0.05) is 34.1 Å². The Kier molecular flexibility index (Phi) is 4.64. The summed E-state index contributed by atoms with van der Waals surface area (Å²) in [6, 6.07) is 0. The van der Waals surface area contributed by atoms with Gasteiger partial charge in [0.1, 0.15) is 0 Å². The van der Waals surface area contributed by atoms with Crippen LogP contribution in [0.2, 0.25) is 0 Å². The zero-order valence-corrected chi connectivity index (χ0v) is 10.9. The van der Waals surface area contributed by atoms with Crippen molar-refractivity contribution in [2.75, 3.05) is 0 Å². The Hall–Kier alpha value is -0.0400. The lowest BCUT2D eigenvalue weighted by Crippen LogP contribution is -2.32. The Labute approximate surface area is 95.3 Å². The molecule has 0 aliphatic heterocycles. The maximum absolute atomic E-state index is 9.64. The summed E-state index contributed by atoms with van der Waals surface area (Å²) in [6.07, 6.45) is 7.13. The van der Waals surface area contributed by atoms with Crippen LogP contribution >= 0.6 is 0 Å². The molecule has 4 atom stereocenters. The van der Waals surface area contributed by atoms with E-state index >= 15 is 0 Å². The maximum atomic E-state index is 9.64. The molecule has 1 nitrogen and oxygen atoms in total. The quantitative estimate of drug-likeness (QED) is 0.747. The molecule has 0 spiro atoms. The molecule has 1 heteroatoms. The molecule has 1 aliphatic rings. The van der Waals surface area contributed by atoms with Crippen molar-refractivity contribution in [3.05, 3.63) is 0 Å². The highest BCUT2D eigenvalue weighted by Gasteiger charge is 2.35. The number of hydrogen-bond acceptors (Lipinski definition) is 1. The van der Waals surface area contributed by atoms with Crippen LogP contribution in [-0.4, -0.2) is 11.2 Å². The minimum Gasteiger partial charge on any atom is -0.393 e. The average Bonchev–Trinajstić information content (AvgIpc) is 2.21. The standard InChI is InChI=1S/C14H28O/c1-5-13(15)7-9-14(4)8-6-11(2)10-12(14)3/h11-13,15H,5-10H2,1-4H3/t11-,12-,13+,14+/m0/s1. The fourth-order valence-corrected chi connectivity index (χ4v) is 2.90. The number of rotatable bonds is 4. The normalized spacial score (nSPS) is 39.0. The van der Waals surface area contributed by atoms with Gasteiger partial charge >= 0.3 is 0 Å². The first-order chi connectivity index (χ1) is 6.98. The lowest BCUT2D eigenvalue weighted by molar-refractivity contribution is 0.0621. The number of aliphatic hydroxyl groups is 1. The third-order valence-electron chi connectivity index (χ3n) is 4.67. The van der Waals surface area contributed by atoms with E-state index in [2.05, 4.69) is 27.7 Å². The van der Waals surface area contributed by atoms with Crippen molar-refractivity contribution in [2.45, 2.75) is 72.3 Å². The smallest absolute Gasteiger partial charge is 0.0537 e. The van der Waals surface area contributed by atoms with Crippen molar-refractivity contribution in [2.24, 2.45) is 17.3 Å². The molecule has 1 saturated carbocycles. The van der Waals surface area contributed by atoms with Gasteiger partial charge in [-0.3, -0.25) is 0 Å². The van der Waals surface area contributed by atoms with Crippen LogP contribution in [-0.2, 0) is 0 Å². The third kappa shape index (κ3) is 3.48. The Morgan fingerprint density at radius 3 is 2.60 bits per heavy atom. The minimum absolute atomic E-state index is 0.0756. The Balaban J connectivity index is 2.43. The van der Waals surface area contributed by atoms with Crippen LogP contribution in [0.1, 0.15) is 66.2 Å². The van der Waals surface area contributed by atoms with E-state index in [4.69, 9.17) is 0 Å². The Morgan fingerprint density at radius 1 is 1.40 bits per heavy atom. The van der Waals surface area contributed by atoms with Crippen LogP contribution in [0, 0.1) is 17.3 Å². The molecule has 15 heavy (non-hydrogen) atoms. The van der Waals surface area contributed by atoms with Gasteiger partial charge in [-0.25, -0.2) is 0 Å². The van der Waals surface area contributed by atoms with Crippen LogP contribution in [0.5, 0.6) is 0 Å². The van der Waals surface area contributed by atoms with Crippen LogP contribution in [0.4, 0.5) is 0 Å². The van der Waals surface area contributed by atoms with Gasteiger partial charge in [0.25, 0.3) is 0 Å². The maximum Gasteiger partial charge on any atom is 0.0537 e. The summed E-state index contributed by atoms with van der Waals surface area (Å²) in [5.41, 5.74) is 0.489. The molecule has 0 bridgehead atoms. The molecule has 1 rings (SSSR count). The van der Waals surface area contributed by atoms with E-state index in [9.17, 15) is 5.11 Å². The molecule has 1 fully saturated rings. The Bertz CT molecular complexity index is 190. The first kappa shape index (κ1) is 13.0. The van der Waals surface area contributed by atoms with Crippen molar-refractivity contribution in [1.82, 2.24) is 0 Å². The van der Waals surface area contributed by atoms with Gasteiger partial charge in [0.15, 0.2) is 0 Å². The molecular formula is C14H28O. The van der Waals surface area contributed by atoms with E-state index in [1.807, 2.05) is 0 Å². The van der Waals surface area contributed by atoms with Crippen molar-refractivity contribution in [1.29, 1.82) is 0 Å². The number of hydrogen-bond donors (Lipinski definition) is 1. The molecule has 0 radical (unpaired) electrons. The second-order valence-corrected chi connectivity index (χ2v) is 6.04. The zero-order valence-electron chi connectivity index (χ0n) is 10.9. The van der Waals surface area contributed by atoms with E-state index < -0.39 is 0 Å². The van der Waals surface area contributed by atoms with Gasteiger partial charge in [-0.15, -0.1) is 0 Å². The fraction of sp³-hybridized carbons (Fsp3) is 1.00. The van der Waals surface area contributed by atoms with E-state index in [1.165, 1.54) is 25.7 Å². The second-order valence-electron chi connectivity index (χ2n) is 6.04. The molecule has 0 aromatic heterocycles. The summed E-state index contributed by atoms with van der Waals surface area (Å²) in [7, 11) is 0. The monoisotopic (exact) mass is 212 g/mol. The van der Waals surface area contributed by atoms with Crippen molar-refractivity contribution in [3.63, 3.8) is 0 Å². The van der Waals surface area contributed by atoms with Crippen molar-refractivity contribution < 1.29 is 5.11 Å². The Morgan fingerprint density at radius 2 is 2.07 bits per heavy atom. The predicted molar refractivity (Wildman–Crippen MR) is 65.8 cm³/mol. The van der Waals surface area contributed by atoms with E-state index in [1.54, 1.807) is 0 Å². The molecule has 0 heterocycles. The van der Waals surface area contributed by atoms with Crippen LogP contribution in [0.15, 0.2) is 0 Å². The molecule has 1 aliphatic carbocycles.